The van der Waals surface area contributed by atoms with Crippen molar-refractivity contribution in [2.75, 3.05) is 6.61 Å². The summed E-state index contributed by atoms with van der Waals surface area (Å²) in [6, 6.07) is 1.60. The van der Waals surface area contributed by atoms with Gasteiger partial charge in [0.1, 0.15) is 5.69 Å². The first kappa shape index (κ1) is 15.7. The topological polar surface area (TPSA) is 67.2 Å². The van der Waals surface area contributed by atoms with E-state index in [2.05, 4.69) is 10.4 Å². The van der Waals surface area contributed by atoms with Crippen LogP contribution in [-0.2, 0) is 7.05 Å². The Morgan fingerprint density at radius 2 is 2.11 bits per heavy atom. The number of rotatable bonds is 6. The Morgan fingerprint density at radius 3 is 2.53 bits per heavy atom. The normalized spacial score (nSPS) is 14.5. The van der Waals surface area contributed by atoms with E-state index >= 15 is 0 Å². The van der Waals surface area contributed by atoms with Crippen molar-refractivity contribution in [2.24, 2.45) is 13.0 Å². The molecule has 19 heavy (non-hydrogen) atoms. The molecule has 1 aromatic heterocycles. The predicted molar refractivity (Wildman–Crippen MR) is 75.1 cm³/mol. The third-order valence-electron chi connectivity index (χ3n) is 3.57. The van der Waals surface area contributed by atoms with E-state index in [0.717, 1.165) is 12.1 Å². The zero-order valence-corrected chi connectivity index (χ0v) is 12.5. The number of carbonyl (C=O) groups is 1. The van der Waals surface area contributed by atoms with E-state index in [1.165, 1.54) is 0 Å². The van der Waals surface area contributed by atoms with Crippen molar-refractivity contribution in [1.82, 2.24) is 15.1 Å². The summed E-state index contributed by atoms with van der Waals surface area (Å²) in [5.41, 5.74) is 1.43. The van der Waals surface area contributed by atoms with E-state index in [1.54, 1.807) is 11.7 Å². The molecule has 2 N–H and O–H groups in total. The van der Waals surface area contributed by atoms with Gasteiger partial charge in [0.2, 0.25) is 0 Å². The predicted octanol–water partition coefficient (Wildman–Crippen LogP) is 1.68. The van der Waals surface area contributed by atoms with Gasteiger partial charge in [-0.05, 0) is 17.9 Å². The molecule has 1 rings (SSSR count). The van der Waals surface area contributed by atoms with E-state index in [1.807, 2.05) is 33.8 Å². The van der Waals surface area contributed by atoms with E-state index < -0.39 is 0 Å². The fourth-order valence-corrected chi connectivity index (χ4v) is 1.88. The van der Waals surface area contributed by atoms with Gasteiger partial charge in [-0.2, -0.15) is 5.10 Å². The van der Waals surface area contributed by atoms with Crippen LogP contribution in [0.3, 0.4) is 0 Å². The van der Waals surface area contributed by atoms with Crippen LogP contribution >= 0.6 is 0 Å². The summed E-state index contributed by atoms with van der Waals surface area (Å²) < 4.78 is 1.59. The lowest BCUT2D eigenvalue weighted by Gasteiger charge is -2.21. The molecule has 1 amide bonds. The van der Waals surface area contributed by atoms with Gasteiger partial charge in [0.15, 0.2) is 0 Å². The fourth-order valence-electron chi connectivity index (χ4n) is 1.88. The molecule has 0 unspecified atom stereocenters. The van der Waals surface area contributed by atoms with Crippen molar-refractivity contribution in [3.63, 3.8) is 0 Å². The number of nitrogens with one attached hydrogen (secondary N) is 1. The zero-order valence-electron chi connectivity index (χ0n) is 12.5. The number of aliphatic hydroxyl groups is 1. The second kappa shape index (κ2) is 6.70. The second-order valence-electron chi connectivity index (χ2n) is 5.38. The molecule has 0 fully saturated rings. The number of hydrogen-bond donors (Lipinski definition) is 2. The SMILES string of the molecule is CC[C@@H](C)[C@H](CO)NC(=O)c1cc(C(C)C)nn1C. The Balaban J connectivity index is 2.82. The lowest BCUT2D eigenvalue weighted by atomic mass is 10.00. The van der Waals surface area contributed by atoms with E-state index in [-0.39, 0.29) is 30.4 Å². The molecular formula is C14H25N3O2. The van der Waals surface area contributed by atoms with Gasteiger partial charge < -0.3 is 10.4 Å². The van der Waals surface area contributed by atoms with Crippen LogP contribution in [0.5, 0.6) is 0 Å². The third kappa shape index (κ3) is 3.80. The summed E-state index contributed by atoms with van der Waals surface area (Å²) in [7, 11) is 1.76. The van der Waals surface area contributed by atoms with Crippen molar-refractivity contribution < 1.29 is 9.90 Å². The average molecular weight is 267 g/mol. The molecule has 5 nitrogen and oxygen atoms in total. The lowest BCUT2D eigenvalue weighted by molar-refractivity contribution is 0.0882. The molecule has 0 saturated heterocycles. The number of amides is 1. The molecular weight excluding hydrogens is 242 g/mol. The molecule has 0 radical (unpaired) electrons. The van der Waals surface area contributed by atoms with Gasteiger partial charge >= 0.3 is 0 Å². The first-order valence-corrected chi connectivity index (χ1v) is 6.86. The molecule has 0 aliphatic carbocycles. The highest BCUT2D eigenvalue weighted by Crippen LogP contribution is 2.14. The maximum Gasteiger partial charge on any atom is 0.269 e. The van der Waals surface area contributed by atoms with Gasteiger partial charge in [-0.1, -0.05) is 34.1 Å². The van der Waals surface area contributed by atoms with Gasteiger partial charge in [-0.15, -0.1) is 0 Å². The summed E-state index contributed by atoms with van der Waals surface area (Å²) in [6.07, 6.45) is 0.911. The largest absolute Gasteiger partial charge is 0.394 e. The molecule has 0 aliphatic rings. The Kier molecular flexibility index (Phi) is 5.54. The molecule has 0 saturated carbocycles. The second-order valence-corrected chi connectivity index (χ2v) is 5.38. The Labute approximate surface area is 115 Å². The van der Waals surface area contributed by atoms with Crippen LogP contribution in [0, 0.1) is 5.92 Å². The monoisotopic (exact) mass is 267 g/mol. The molecule has 5 heteroatoms. The lowest BCUT2D eigenvalue weighted by Crippen LogP contribution is -2.42. The van der Waals surface area contributed by atoms with Crippen molar-refractivity contribution in [2.45, 2.75) is 46.1 Å². The number of hydrogen-bond acceptors (Lipinski definition) is 3. The smallest absolute Gasteiger partial charge is 0.269 e. The van der Waals surface area contributed by atoms with Crippen LogP contribution in [0.25, 0.3) is 0 Å². The van der Waals surface area contributed by atoms with E-state index in [9.17, 15) is 9.90 Å². The molecule has 0 aliphatic heterocycles. The summed E-state index contributed by atoms with van der Waals surface area (Å²) in [4.78, 5) is 12.2. The van der Waals surface area contributed by atoms with Crippen LogP contribution in [0.2, 0.25) is 0 Å². The third-order valence-corrected chi connectivity index (χ3v) is 3.57. The minimum atomic E-state index is -0.213. The van der Waals surface area contributed by atoms with Gasteiger partial charge in [-0.3, -0.25) is 9.48 Å². The fraction of sp³-hybridized carbons (Fsp3) is 0.714. The quantitative estimate of drug-likeness (QED) is 0.824. The minimum Gasteiger partial charge on any atom is -0.394 e. The van der Waals surface area contributed by atoms with Gasteiger partial charge in [0.05, 0.1) is 18.3 Å². The number of aromatic nitrogens is 2. The summed E-state index contributed by atoms with van der Waals surface area (Å²) >= 11 is 0. The van der Waals surface area contributed by atoms with Gasteiger partial charge in [0, 0.05) is 7.05 Å². The Bertz CT molecular complexity index is 426. The number of nitrogens with zero attached hydrogens (tertiary/aromatic N) is 2. The number of aryl methyl sites for hydroxylation is 1. The highest BCUT2D eigenvalue weighted by molar-refractivity contribution is 5.92. The van der Waals surface area contributed by atoms with Crippen molar-refractivity contribution >= 4 is 5.91 Å². The molecule has 2 atom stereocenters. The Morgan fingerprint density at radius 1 is 1.47 bits per heavy atom. The molecule has 108 valence electrons. The molecule has 1 heterocycles. The summed E-state index contributed by atoms with van der Waals surface area (Å²) in [5.74, 6) is 0.351. The molecule has 0 aromatic carbocycles. The van der Waals surface area contributed by atoms with Crippen LogP contribution in [-0.4, -0.2) is 33.4 Å². The van der Waals surface area contributed by atoms with Crippen LogP contribution in [0.1, 0.15) is 56.2 Å². The van der Waals surface area contributed by atoms with Crippen LogP contribution < -0.4 is 5.32 Å². The first-order valence-electron chi connectivity index (χ1n) is 6.86. The number of aliphatic hydroxyl groups excluding tert-OH is 1. The standard InChI is InChI=1S/C14H25N3O2/c1-6-10(4)12(8-18)15-14(19)13-7-11(9(2)3)16-17(13)5/h7,9-10,12,18H,6,8H2,1-5H3,(H,15,19)/t10-,12+/m1/s1. The van der Waals surface area contributed by atoms with Gasteiger partial charge in [-0.25, -0.2) is 0 Å². The first-order chi connectivity index (χ1) is 8.90. The number of carbonyl (C=O) groups excluding carboxylic acids is 1. The van der Waals surface area contributed by atoms with E-state index in [4.69, 9.17) is 0 Å². The zero-order chi connectivity index (χ0) is 14.6. The Hall–Kier alpha value is -1.36. The van der Waals surface area contributed by atoms with Gasteiger partial charge in [0.25, 0.3) is 5.91 Å². The summed E-state index contributed by atoms with van der Waals surface area (Å²) in [5, 5.41) is 16.5. The van der Waals surface area contributed by atoms with E-state index in [0.29, 0.717) is 5.69 Å². The highest BCUT2D eigenvalue weighted by atomic mass is 16.3. The maximum atomic E-state index is 12.2. The average Bonchev–Trinajstić information content (AvgIpc) is 2.77. The van der Waals surface area contributed by atoms with Crippen molar-refractivity contribution in [3.8, 4) is 0 Å². The van der Waals surface area contributed by atoms with Crippen molar-refractivity contribution in [1.29, 1.82) is 0 Å². The molecule has 0 bridgehead atoms. The van der Waals surface area contributed by atoms with Crippen molar-refractivity contribution in [3.05, 3.63) is 17.5 Å². The van der Waals surface area contributed by atoms with Crippen LogP contribution in [0.4, 0.5) is 0 Å². The molecule has 0 spiro atoms. The minimum absolute atomic E-state index is 0.0460. The maximum absolute atomic E-state index is 12.2. The highest BCUT2D eigenvalue weighted by Gasteiger charge is 2.21. The van der Waals surface area contributed by atoms with Crippen LogP contribution in [0.15, 0.2) is 6.07 Å². The molecule has 1 aromatic rings. The summed E-state index contributed by atoms with van der Waals surface area (Å²) in [6.45, 7) is 8.10.